The number of nitrogens with zero attached hydrogens (tertiary/aromatic N) is 3. The van der Waals surface area contributed by atoms with Gasteiger partial charge in [-0.05, 0) is 44.1 Å². The molecule has 1 aromatic carbocycles. The van der Waals surface area contributed by atoms with Crippen LogP contribution in [0.25, 0.3) is 10.2 Å². The minimum absolute atomic E-state index is 0. The summed E-state index contributed by atoms with van der Waals surface area (Å²) in [5.41, 5.74) is 1.97. The smallest absolute Gasteiger partial charge is 0.234 e. The Hall–Kier alpha value is -1.67. The van der Waals surface area contributed by atoms with Gasteiger partial charge in [0.05, 0.1) is 18.2 Å². The van der Waals surface area contributed by atoms with Crippen LogP contribution < -0.4 is 9.64 Å². The molecule has 3 rings (SSSR count). The number of aryl methyl sites for hydroxylation is 1. The zero-order valence-corrected chi connectivity index (χ0v) is 18.3. The molecule has 8 heteroatoms. The first-order chi connectivity index (χ1) is 12.5. The lowest BCUT2D eigenvalue weighted by Gasteiger charge is -2.21. The number of benzene rings is 1. The minimum Gasteiger partial charge on any atom is -0.494 e. The molecule has 0 saturated heterocycles. The first-order valence-electron chi connectivity index (χ1n) is 8.41. The summed E-state index contributed by atoms with van der Waals surface area (Å²) in [6.07, 6.45) is 0.400. The summed E-state index contributed by atoms with van der Waals surface area (Å²) in [7, 11) is 5.66. The number of ether oxygens (including phenoxy) is 1. The molecule has 146 valence electrons. The Morgan fingerprint density at radius 2 is 2.00 bits per heavy atom. The Morgan fingerprint density at radius 1 is 1.22 bits per heavy atom. The molecule has 0 aliphatic heterocycles. The van der Waals surface area contributed by atoms with Crippen molar-refractivity contribution in [3.8, 4) is 5.75 Å². The van der Waals surface area contributed by atoms with E-state index in [2.05, 4.69) is 11.8 Å². The summed E-state index contributed by atoms with van der Waals surface area (Å²) in [6, 6.07) is 7.93. The predicted molar refractivity (Wildman–Crippen MR) is 117 cm³/mol. The van der Waals surface area contributed by atoms with Crippen LogP contribution in [0.15, 0.2) is 29.6 Å². The van der Waals surface area contributed by atoms with E-state index >= 15 is 0 Å². The van der Waals surface area contributed by atoms with Gasteiger partial charge in [0.2, 0.25) is 5.91 Å². The van der Waals surface area contributed by atoms with Crippen molar-refractivity contribution in [2.24, 2.45) is 0 Å². The number of thiophene rings is 1. The molecule has 0 unspecified atom stereocenters. The van der Waals surface area contributed by atoms with Crippen LogP contribution in [0.1, 0.15) is 10.4 Å². The van der Waals surface area contributed by atoms with E-state index in [4.69, 9.17) is 9.72 Å². The average molecular weight is 426 g/mol. The van der Waals surface area contributed by atoms with Gasteiger partial charge in [0.15, 0.2) is 5.13 Å². The Labute approximate surface area is 174 Å². The fourth-order valence-electron chi connectivity index (χ4n) is 2.66. The van der Waals surface area contributed by atoms with E-state index in [0.29, 0.717) is 13.0 Å². The first kappa shape index (κ1) is 21.6. The molecule has 0 bridgehead atoms. The van der Waals surface area contributed by atoms with Crippen LogP contribution >= 0.6 is 35.1 Å². The number of methoxy groups -OCH3 is 1. The van der Waals surface area contributed by atoms with E-state index in [9.17, 15) is 4.79 Å². The van der Waals surface area contributed by atoms with E-state index in [1.54, 1.807) is 29.8 Å². The van der Waals surface area contributed by atoms with Crippen molar-refractivity contribution in [3.63, 3.8) is 0 Å². The van der Waals surface area contributed by atoms with Gasteiger partial charge in [0.1, 0.15) is 11.3 Å². The largest absolute Gasteiger partial charge is 0.494 e. The number of anilines is 1. The van der Waals surface area contributed by atoms with Crippen molar-refractivity contribution in [2.75, 3.05) is 39.2 Å². The van der Waals surface area contributed by atoms with Crippen molar-refractivity contribution in [3.05, 3.63) is 40.1 Å². The molecule has 5 nitrogen and oxygen atoms in total. The Morgan fingerprint density at radius 3 is 2.63 bits per heavy atom. The van der Waals surface area contributed by atoms with Gasteiger partial charge in [-0.1, -0.05) is 23.5 Å². The second-order valence-electron chi connectivity index (χ2n) is 6.36. The van der Waals surface area contributed by atoms with Gasteiger partial charge in [-0.25, -0.2) is 4.98 Å². The van der Waals surface area contributed by atoms with Crippen LogP contribution in [0, 0.1) is 6.92 Å². The highest BCUT2D eigenvalue weighted by molar-refractivity contribution is 7.22. The molecule has 2 aromatic heterocycles. The number of thiazole rings is 1. The van der Waals surface area contributed by atoms with Crippen molar-refractivity contribution in [2.45, 2.75) is 13.3 Å². The Balaban J connectivity index is 0.00000261. The number of carbonyl (C=O) groups excluding carboxylic acids is 1. The van der Waals surface area contributed by atoms with E-state index in [-0.39, 0.29) is 18.3 Å². The molecule has 3 aromatic rings. The van der Waals surface area contributed by atoms with E-state index < -0.39 is 0 Å². The maximum absolute atomic E-state index is 13.0. The molecule has 0 saturated carbocycles. The summed E-state index contributed by atoms with van der Waals surface area (Å²) < 4.78 is 6.52. The second-order valence-corrected chi connectivity index (χ2v) is 8.37. The molecular formula is C19H24ClN3O2S2. The van der Waals surface area contributed by atoms with Crippen LogP contribution in [-0.4, -0.2) is 50.1 Å². The molecule has 0 aliphatic rings. The van der Waals surface area contributed by atoms with Crippen LogP contribution in [0.4, 0.5) is 5.13 Å². The fraction of sp³-hybridized carbons (Fsp3) is 0.368. The number of carbonyl (C=O) groups is 1. The topological polar surface area (TPSA) is 45.7 Å². The summed E-state index contributed by atoms with van der Waals surface area (Å²) in [4.78, 5) is 22.7. The zero-order valence-electron chi connectivity index (χ0n) is 15.9. The molecule has 0 radical (unpaired) electrons. The van der Waals surface area contributed by atoms with Gasteiger partial charge < -0.3 is 9.64 Å². The lowest BCUT2D eigenvalue weighted by molar-refractivity contribution is -0.118. The summed E-state index contributed by atoms with van der Waals surface area (Å²) >= 11 is 3.16. The fourth-order valence-corrected chi connectivity index (χ4v) is 4.45. The quantitative estimate of drug-likeness (QED) is 0.568. The Kier molecular flexibility index (Phi) is 7.61. The maximum Gasteiger partial charge on any atom is 0.234 e. The third-order valence-electron chi connectivity index (χ3n) is 4.12. The van der Waals surface area contributed by atoms with Crippen LogP contribution in [0.5, 0.6) is 5.75 Å². The van der Waals surface area contributed by atoms with Gasteiger partial charge in [-0.3, -0.25) is 9.69 Å². The van der Waals surface area contributed by atoms with E-state index in [1.165, 1.54) is 0 Å². The second kappa shape index (κ2) is 9.50. The summed E-state index contributed by atoms with van der Waals surface area (Å²) in [6.45, 7) is 3.45. The predicted octanol–water partition coefficient (Wildman–Crippen LogP) is 4.23. The van der Waals surface area contributed by atoms with Gasteiger partial charge in [0, 0.05) is 18.0 Å². The average Bonchev–Trinajstić information content (AvgIpc) is 3.25. The highest BCUT2D eigenvalue weighted by Gasteiger charge is 2.22. The minimum atomic E-state index is 0. The number of fused-ring (bicyclic) bond motifs is 1. The lowest BCUT2D eigenvalue weighted by atomic mass is 10.2. The van der Waals surface area contributed by atoms with Gasteiger partial charge >= 0.3 is 0 Å². The highest BCUT2D eigenvalue weighted by Crippen LogP contribution is 2.36. The third-order valence-corrected chi connectivity index (χ3v) is 6.21. The summed E-state index contributed by atoms with van der Waals surface area (Å²) in [5.74, 6) is 0.816. The van der Waals surface area contributed by atoms with E-state index in [1.807, 2.05) is 48.6 Å². The lowest BCUT2D eigenvalue weighted by Crippen LogP contribution is -2.37. The molecular weight excluding hydrogens is 402 g/mol. The SMILES string of the molecule is COc1ccc(C)c2sc(N(CCN(C)C)C(=O)Cc3cccs3)nc12.Cl. The number of aromatic nitrogens is 1. The molecule has 27 heavy (non-hydrogen) atoms. The van der Waals surface area contributed by atoms with Gasteiger partial charge in [-0.2, -0.15) is 0 Å². The number of halogens is 1. The molecule has 0 spiro atoms. The number of rotatable bonds is 7. The normalized spacial score (nSPS) is 10.9. The molecule has 1 amide bonds. The van der Waals surface area contributed by atoms with Crippen molar-refractivity contribution >= 4 is 56.3 Å². The van der Waals surface area contributed by atoms with Crippen molar-refractivity contribution < 1.29 is 9.53 Å². The molecule has 2 heterocycles. The third kappa shape index (κ3) is 4.99. The summed E-state index contributed by atoms with van der Waals surface area (Å²) in [5, 5.41) is 2.73. The molecule has 0 aliphatic carbocycles. The molecule has 0 atom stereocenters. The number of likely N-dealkylation sites (N-methyl/N-ethyl adjacent to an activating group) is 1. The van der Waals surface area contributed by atoms with E-state index in [0.717, 1.165) is 38.1 Å². The van der Waals surface area contributed by atoms with Crippen molar-refractivity contribution in [1.29, 1.82) is 0 Å². The first-order valence-corrected chi connectivity index (χ1v) is 10.1. The molecule has 0 N–H and O–H groups in total. The number of amides is 1. The zero-order chi connectivity index (χ0) is 18.7. The highest BCUT2D eigenvalue weighted by atomic mass is 35.5. The standard InChI is InChI=1S/C19H23N3O2S2.ClH/c1-13-7-8-15(24-4)17-18(13)26-19(20-17)22(10-9-21(2)3)16(23)12-14-6-5-11-25-14;/h5-8,11H,9-10,12H2,1-4H3;1H. The maximum atomic E-state index is 13.0. The number of hydrogen-bond donors (Lipinski definition) is 0. The molecule has 0 fully saturated rings. The van der Waals surface area contributed by atoms with Crippen LogP contribution in [0.2, 0.25) is 0 Å². The monoisotopic (exact) mass is 425 g/mol. The Bertz CT molecular complexity index is 894. The van der Waals surface area contributed by atoms with Gasteiger partial charge in [-0.15, -0.1) is 23.7 Å². The van der Waals surface area contributed by atoms with Crippen LogP contribution in [0.3, 0.4) is 0 Å². The number of hydrogen-bond acceptors (Lipinski definition) is 6. The van der Waals surface area contributed by atoms with Crippen molar-refractivity contribution in [1.82, 2.24) is 9.88 Å². The van der Waals surface area contributed by atoms with Gasteiger partial charge in [0.25, 0.3) is 0 Å². The van der Waals surface area contributed by atoms with Crippen LogP contribution in [-0.2, 0) is 11.2 Å².